The van der Waals surface area contributed by atoms with Crippen molar-refractivity contribution in [3.8, 4) is 0 Å². The van der Waals surface area contributed by atoms with Crippen molar-refractivity contribution in [3.63, 3.8) is 0 Å². The molecule has 0 aromatic heterocycles. The molecule has 0 aliphatic carbocycles. The molecule has 0 fully saturated rings. The minimum Gasteiger partial charge on any atom is -0.468 e. The van der Waals surface area contributed by atoms with Crippen LogP contribution in [0, 0.1) is 0 Å². The molecule has 0 aromatic rings. The van der Waals surface area contributed by atoms with Gasteiger partial charge in [-0.3, -0.25) is 0 Å². The van der Waals surface area contributed by atoms with Crippen LogP contribution in [0.15, 0.2) is 12.2 Å². The van der Waals surface area contributed by atoms with Gasteiger partial charge in [-0.1, -0.05) is 52.2 Å². The Kier molecular flexibility index (Phi) is 18.4. The summed E-state index contributed by atoms with van der Waals surface area (Å²) in [6, 6.07) is 0. The predicted molar refractivity (Wildman–Crippen MR) is 84.6 cm³/mol. The zero-order valence-corrected chi connectivity index (χ0v) is 16.0. The molecular formula is C13H30O3Si2. The van der Waals surface area contributed by atoms with Gasteiger partial charge in [0.1, 0.15) is 20.2 Å². The Morgan fingerprint density at radius 1 is 1.22 bits per heavy atom. The van der Waals surface area contributed by atoms with Crippen LogP contribution in [0.2, 0.25) is 6.55 Å². The van der Waals surface area contributed by atoms with Crippen molar-refractivity contribution in [2.75, 3.05) is 6.61 Å². The number of carbonyl (C=O) groups is 1. The lowest BCUT2D eigenvalue weighted by molar-refractivity contribution is -0.139. The van der Waals surface area contributed by atoms with Crippen molar-refractivity contribution in [2.24, 2.45) is 0 Å². The summed E-state index contributed by atoms with van der Waals surface area (Å²) in [5.41, 5.74) is 0.482. The molecule has 0 aromatic carbocycles. The fourth-order valence-corrected chi connectivity index (χ4v) is 1.17. The standard InChI is InChI=1S/C12H22O2.CH8OSi2/c1-4-5-6-7-8-9-10-14-12(13)11(2)3;1-4-2-3/h2,4-10H2,1,3H3;4H2,1,3H3. The van der Waals surface area contributed by atoms with Crippen LogP contribution in [0.4, 0.5) is 0 Å². The van der Waals surface area contributed by atoms with Crippen molar-refractivity contribution in [1.82, 2.24) is 0 Å². The highest BCUT2D eigenvalue weighted by Gasteiger charge is 2.01. The van der Waals surface area contributed by atoms with Gasteiger partial charge in [-0.25, -0.2) is 4.79 Å². The van der Waals surface area contributed by atoms with E-state index >= 15 is 0 Å². The van der Waals surface area contributed by atoms with Crippen molar-refractivity contribution in [3.05, 3.63) is 12.2 Å². The van der Waals surface area contributed by atoms with Gasteiger partial charge >= 0.3 is 5.97 Å². The molecule has 0 atom stereocenters. The van der Waals surface area contributed by atoms with E-state index in [9.17, 15) is 4.79 Å². The summed E-state index contributed by atoms with van der Waals surface area (Å²) in [5.74, 6) is -0.265. The molecule has 0 N–H and O–H groups in total. The van der Waals surface area contributed by atoms with Gasteiger partial charge in [-0.15, -0.1) is 0 Å². The maximum absolute atomic E-state index is 11.0. The Morgan fingerprint density at radius 3 is 2.17 bits per heavy atom. The first-order valence-electron chi connectivity index (χ1n) is 6.91. The summed E-state index contributed by atoms with van der Waals surface area (Å²) in [4.78, 5) is 11.0. The van der Waals surface area contributed by atoms with Crippen LogP contribution in [-0.4, -0.2) is 32.8 Å². The normalized spacial score (nSPS) is 10.2. The van der Waals surface area contributed by atoms with Gasteiger partial charge in [0.2, 0.25) is 0 Å². The third-order valence-corrected chi connectivity index (χ3v) is 4.68. The number of hydrogen-bond acceptors (Lipinski definition) is 3. The minimum absolute atomic E-state index is 0.0139. The first-order valence-corrected chi connectivity index (χ1v) is 9.72. The van der Waals surface area contributed by atoms with Crippen molar-refractivity contribution in [1.29, 1.82) is 0 Å². The molecule has 0 saturated carbocycles. The number of ether oxygens (including phenoxy) is 1. The molecule has 0 unspecified atom stereocenters. The Morgan fingerprint density at radius 2 is 1.72 bits per heavy atom. The number of esters is 1. The van der Waals surface area contributed by atoms with E-state index in [1.54, 1.807) is 6.92 Å². The van der Waals surface area contributed by atoms with E-state index in [-0.39, 0.29) is 15.7 Å². The van der Waals surface area contributed by atoms with E-state index < -0.39 is 0 Å². The second-order valence-electron chi connectivity index (χ2n) is 4.26. The van der Waals surface area contributed by atoms with Crippen LogP contribution in [0.3, 0.4) is 0 Å². The molecule has 0 aliphatic rings. The molecule has 0 saturated heterocycles. The Hall–Kier alpha value is -0.396. The number of rotatable bonds is 9. The molecule has 18 heavy (non-hydrogen) atoms. The highest BCUT2D eigenvalue weighted by Crippen LogP contribution is 2.05. The Labute approximate surface area is 118 Å². The quantitative estimate of drug-likeness (QED) is 0.281. The Balaban J connectivity index is 0. The first-order chi connectivity index (χ1) is 8.59. The van der Waals surface area contributed by atoms with Crippen molar-refractivity contribution < 1.29 is 13.6 Å². The van der Waals surface area contributed by atoms with Crippen LogP contribution in [-0.2, 0) is 13.6 Å². The maximum Gasteiger partial charge on any atom is 0.333 e. The van der Waals surface area contributed by atoms with Crippen LogP contribution in [0.1, 0.15) is 52.4 Å². The molecule has 0 heterocycles. The largest absolute Gasteiger partial charge is 0.468 e. The molecular weight excluding hydrogens is 260 g/mol. The molecule has 0 rings (SSSR count). The summed E-state index contributed by atoms with van der Waals surface area (Å²) < 4.78 is 9.79. The molecule has 0 radical (unpaired) electrons. The van der Waals surface area contributed by atoms with E-state index in [2.05, 4.69) is 20.0 Å². The van der Waals surface area contributed by atoms with E-state index in [4.69, 9.17) is 8.85 Å². The monoisotopic (exact) mass is 290 g/mol. The lowest BCUT2D eigenvalue weighted by Gasteiger charge is -2.03. The molecule has 3 nitrogen and oxygen atoms in total. The van der Waals surface area contributed by atoms with Gasteiger partial charge < -0.3 is 8.85 Å². The third kappa shape index (κ3) is 18.0. The van der Waals surface area contributed by atoms with Gasteiger partial charge in [0, 0.05) is 5.57 Å². The molecule has 0 aliphatic heterocycles. The number of unbranched alkanes of at least 4 members (excludes halogenated alkanes) is 5. The molecule has 0 spiro atoms. The van der Waals surface area contributed by atoms with E-state index in [1.807, 2.05) is 0 Å². The SMILES string of the molecule is C=C(C)C(=O)OCCCCCCCC.C[SiH2]O[SiH3]. The molecule has 5 heteroatoms. The summed E-state index contributed by atoms with van der Waals surface area (Å²) in [7, 11) is 0.938. The fraction of sp³-hybridized carbons (Fsp3) is 0.769. The number of hydrogen-bond donors (Lipinski definition) is 0. The smallest absolute Gasteiger partial charge is 0.333 e. The minimum atomic E-state index is -0.265. The lowest BCUT2D eigenvalue weighted by Crippen LogP contribution is -2.05. The van der Waals surface area contributed by atoms with E-state index in [0.717, 1.165) is 23.3 Å². The predicted octanol–water partition coefficient (Wildman–Crippen LogP) is 1.88. The molecule has 108 valence electrons. The zero-order chi connectivity index (χ0) is 14.2. The van der Waals surface area contributed by atoms with Gasteiger partial charge in [0.25, 0.3) is 0 Å². The topological polar surface area (TPSA) is 35.5 Å². The van der Waals surface area contributed by atoms with E-state index in [1.165, 1.54) is 25.7 Å². The fourth-order valence-electron chi connectivity index (χ4n) is 1.17. The van der Waals surface area contributed by atoms with Crippen LogP contribution < -0.4 is 0 Å². The lowest BCUT2D eigenvalue weighted by atomic mass is 10.1. The van der Waals surface area contributed by atoms with Crippen molar-refractivity contribution in [2.45, 2.75) is 58.9 Å². The van der Waals surface area contributed by atoms with Gasteiger partial charge in [-0.05, 0) is 13.3 Å². The summed E-state index contributed by atoms with van der Waals surface area (Å²) in [6.45, 7) is 10.1. The summed E-state index contributed by atoms with van der Waals surface area (Å²) in [5, 5.41) is 0. The second-order valence-corrected chi connectivity index (χ2v) is 7.15. The van der Waals surface area contributed by atoms with Crippen LogP contribution in [0.5, 0.6) is 0 Å². The highest BCUT2D eigenvalue weighted by molar-refractivity contribution is 6.32. The zero-order valence-electron chi connectivity index (χ0n) is 12.6. The van der Waals surface area contributed by atoms with Crippen LogP contribution in [0.25, 0.3) is 0 Å². The molecule has 0 bridgehead atoms. The maximum atomic E-state index is 11.0. The van der Waals surface area contributed by atoms with Gasteiger partial charge in [0.05, 0.1) is 6.61 Å². The highest BCUT2D eigenvalue weighted by atomic mass is 28.3. The average molecular weight is 291 g/mol. The van der Waals surface area contributed by atoms with E-state index in [0.29, 0.717) is 12.2 Å². The summed E-state index contributed by atoms with van der Waals surface area (Å²) in [6.07, 6.45) is 7.26. The first kappa shape index (κ1) is 19.9. The Bertz CT molecular complexity index is 206. The molecule has 0 amide bonds. The van der Waals surface area contributed by atoms with Gasteiger partial charge in [-0.2, -0.15) is 0 Å². The number of carbonyl (C=O) groups excluding carboxylic acids is 1. The van der Waals surface area contributed by atoms with Gasteiger partial charge in [0.15, 0.2) is 0 Å². The van der Waals surface area contributed by atoms with Crippen LogP contribution >= 0.6 is 0 Å². The second kappa shape index (κ2) is 16.6. The van der Waals surface area contributed by atoms with Crippen molar-refractivity contribution >= 4 is 26.2 Å². The average Bonchev–Trinajstić information content (AvgIpc) is 2.37. The summed E-state index contributed by atoms with van der Waals surface area (Å²) >= 11 is 0. The third-order valence-electron chi connectivity index (χ3n) is 2.37.